The first-order valence-corrected chi connectivity index (χ1v) is 16.1. The fraction of sp³-hybridized carbons (Fsp3) is 0.531. The van der Waals surface area contributed by atoms with Gasteiger partial charge in [0.2, 0.25) is 10.8 Å². The first-order valence-electron chi connectivity index (χ1n) is 15.3. The molecule has 0 radical (unpaired) electrons. The van der Waals surface area contributed by atoms with Crippen LogP contribution in [0, 0.1) is 0 Å². The van der Waals surface area contributed by atoms with Gasteiger partial charge in [0.25, 0.3) is 5.91 Å². The van der Waals surface area contributed by atoms with E-state index >= 15 is 0 Å². The number of methoxy groups -OCH3 is 1. The van der Waals surface area contributed by atoms with Crippen LogP contribution in [0.2, 0.25) is 0 Å². The molecule has 1 heterocycles. The van der Waals surface area contributed by atoms with E-state index in [0.717, 1.165) is 41.7 Å². The van der Waals surface area contributed by atoms with Gasteiger partial charge in [0.05, 0.1) is 26.1 Å². The molecule has 2 rings (SSSR count). The van der Waals surface area contributed by atoms with Crippen LogP contribution in [0.25, 0.3) is 0 Å². The fourth-order valence-electron chi connectivity index (χ4n) is 5.07. The zero-order chi connectivity index (χ0) is 38.5. The molecule has 280 valence electrons. The molecule has 1 aromatic carbocycles. The molecule has 6 atom stereocenters. The van der Waals surface area contributed by atoms with E-state index in [0.29, 0.717) is 17.3 Å². The Kier molecular flexibility index (Phi) is 16.0. The Hall–Kier alpha value is -5.04. The maximum Gasteiger partial charge on any atom is 0.349 e. The Bertz CT molecular complexity index is 1520. The lowest BCUT2D eigenvalue weighted by Gasteiger charge is -2.48. The van der Waals surface area contributed by atoms with Gasteiger partial charge in [-0.25, -0.2) is 4.79 Å². The Labute approximate surface area is 296 Å². The number of nitrogens with one attached hydrogen (secondary N) is 2. The molecule has 1 aliphatic heterocycles. The molecule has 51 heavy (non-hydrogen) atoms. The van der Waals surface area contributed by atoms with E-state index in [1.165, 1.54) is 19.1 Å². The van der Waals surface area contributed by atoms with E-state index in [-0.39, 0.29) is 12.2 Å². The molecular formula is C32H40N2O16S. The van der Waals surface area contributed by atoms with Crippen molar-refractivity contribution in [3.8, 4) is 5.75 Å². The minimum absolute atomic E-state index is 0.191. The zero-order valence-electron chi connectivity index (χ0n) is 29.0. The van der Waals surface area contributed by atoms with Crippen LogP contribution in [0.1, 0.15) is 53.5 Å². The molecule has 0 saturated carbocycles. The summed E-state index contributed by atoms with van der Waals surface area (Å²) in [5.74, 6) is -6.66. The van der Waals surface area contributed by atoms with Gasteiger partial charge >= 0.3 is 35.8 Å². The highest BCUT2D eigenvalue weighted by Crippen LogP contribution is 2.43. The maximum atomic E-state index is 13.3. The molecule has 0 bridgehead atoms. The fourth-order valence-corrected chi connectivity index (χ4v) is 6.11. The number of thioether (sulfide) groups is 1. The van der Waals surface area contributed by atoms with Crippen molar-refractivity contribution < 1.29 is 76.3 Å². The quantitative estimate of drug-likeness (QED) is 0.137. The summed E-state index contributed by atoms with van der Waals surface area (Å²) in [5, 5.41) is 4.39. The molecule has 19 heteroatoms. The highest BCUT2D eigenvalue weighted by Gasteiger charge is 2.59. The predicted octanol–water partition coefficient (Wildman–Crippen LogP) is 0.0515. The minimum atomic E-state index is -2.27. The van der Waals surface area contributed by atoms with Crippen LogP contribution in [-0.4, -0.2) is 108 Å². The first kappa shape index (κ1) is 42.1. The van der Waals surface area contributed by atoms with Crippen LogP contribution in [0.4, 0.5) is 0 Å². The average molecular weight is 741 g/mol. The third-order valence-corrected chi connectivity index (χ3v) is 7.79. The van der Waals surface area contributed by atoms with Crippen LogP contribution < -0.4 is 15.4 Å². The maximum absolute atomic E-state index is 13.3. The average Bonchev–Trinajstić information content (AvgIpc) is 3.00. The van der Waals surface area contributed by atoms with Crippen LogP contribution in [-0.2, 0) is 78.0 Å². The molecule has 18 nitrogen and oxygen atoms in total. The number of benzene rings is 1. The van der Waals surface area contributed by atoms with Gasteiger partial charge in [0, 0.05) is 48.0 Å². The van der Waals surface area contributed by atoms with Crippen molar-refractivity contribution in [1.29, 1.82) is 0 Å². The van der Waals surface area contributed by atoms with E-state index in [2.05, 4.69) is 10.6 Å². The van der Waals surface area contributed by atoms with Gasteiger partial charge in [-0.1, -0.05) is 12.1 Å². The zero-order valence-corrected chi connectivity index (χ0v) is 29.8. The summed E-state index contributed by atoms with van der Waals surface area (Å²) < 4.78 is 37.4. The number of hydrogen-bond acceptors (Lipinski definition) is 17. The predicted molar refractivity (Wildman–Crippen MR) is 172 cm³/mol. The topological polar surface area (TPSA) is 242 Å². The third kappa shape index (κ3) is 13.7. The van der Waals surface area contributed by atoms with Gasteiger partial charge in [0.15, 0.2) is 23.9 Å². The van der Waals surface area contributed by atoms with E-state index < -0.39 is 108 Å². The van der Waals surface area contributed by atoms with E-state index in [1.54, 1.807) is 12.1 Å². The van der Waals surface area contributed by atoms with Crippen LogP contribution in [0.15, 0.2) is 24.3 Å². The van der Waals surface area contributed by atoms with Crippen molar-refractivity contribution in [1.82, 2.24) is 10.6 Å². The normalized spacial score (nSPS) is 20.6. The van der Waals surface area contributed by atoms with Crippen LogP contribution in [0.5, 0.6) is 5.75 Å². The van der Waals surface area contributed by atoms with Gasteiger partial charge in [-0.3, -0.25) is 38.4 Å². The van der Waals surface area contributed by atoms with Crippen LogP contribution >= 0.6 is 11.8 Å². The highest BCUT2D eigenvalue weighted by molar-refractivity contribution is 8.15. The van der Waals surface area contributed by atoms with Crippen molar-refractivity contribution in [2.24, 2.45) is 0 Å². The summed E-state index contributed by atoms with van der Waals surface area (Å²) in [7, 11) is 1.000. The molecule has 0 aromatic heterocycles. The number of rotatable bonds is 15. The summed E-state index contributed by atoms with van der Waals surface area (Å²) in [5.41, 5.74) is 0.436. The lowest BCUT2D eigenvalue weighted by Crippen LogP contribution is -2.68. The number of carbonyl (C=O) groups excluding carboxylic acids is 9. The molecule has 1 aliphatic rings. The summed E-state index contributed by atoms with van der Waals surface area (Å²) in [6, 6.07) is 4.59. The van der Waals surface area contributed by atoms with Gasteiger partial charge < -0.3 is 43.8 Å². The molecule has 0 spiro atoms. The highest BCUT2D eigenvalue weighted by atomic mass is 32.2. The van der Waals surface area contributed by atoms with Gasteiger partial charge in [0.1, 0.15) is 18.0 Å². The first-order chi connectivity index (χ1) is 23.8. The van der Waals surface area contributed by atoms with E-state index in [4.69, 9.17) is 33.2 Å². The number of hydrogen-bond donors (Lipinski definition) is 2. The lowest BCUT2D eigenvalue weighted by atomic mass is 9.89. The SMILES string of the molecule is COC(=O)[C@@]1(SC(C)=O)C[C@H](OC(C)=O)[C@@H](NC(=O)COC(C)=O)[C@H]([C@H](OC(C)=O)[C@@H](CNC(=O)Cc2cccc(OC(C)=O)c2)OC(C)=O)O1. The Morgan fingerprint density at radius 2 is 1.55 bits per heavy atom. The Morgan fingerprint density at radius 3 is 2.10 bits per heavy atom. The molecule has 1 aromatic rings. The van der Waals surface area contributed by atoms with Crippen LogP contribution in [0.3, 0.4) is 0 Å². The van der Waals surface area contributed by atoms with Crippen molar-refractivity contribution in [3.05, 3.63) is 29.8 Å². The second-order valence-electron chi connectivity index (χ2n) is 11.1. The number of amides is 2. The second-order valence-corrected chi connectivity index (χ2v) is 12.5. The van der Waals surface area contributed by atoms with Gasteiger partial charge in [-0.15, -0.1) is 0 Å². The summed E-state index contributed by atoms with van der Waals surface area (Å²) in [6.07, 6.45) is -7.48. The summed E-state index contributed by atoms with van der Waals surface area (Å²) in [6.45, 7) is 5.07. The summed E-state index contributed by atoms with van der Waals surface area (Å²) >= 11 is 0.353. The van der Waals surface area contributed by atoms with Crippen molar-refractivity contribution in [3.63, 3.8) is 0 Å². The Morgan fingerprint density at radius 1 is 0.882 bits per heavy atom. The van der Waals surface area contributed by atoms with E-state index in [1.807, 2.05) is 0 Å². The van der Waals surface area contributed by atoms with E-state index in [9.17, 15) is 43.2 Å². The van der Waals surface area contributed by atoms with Crippen molar-refractivity contribution in [2.75, 3.05) is 20.3 Å². The number of ether oxygens (including phenoxy) is 7. The largest absolute Gasteiger partial charge is 0.466 e. The molecule has 1 fully saturated rings. The number of carbonyl (C=O) groups is 9. The molecule has 1 saturated heterocycles. The molecule has 2 N–H and O–H groups in total. The van der Waals surface area contributed by atoms with Crippen molar-refractivity contribution >= 4 is 64.5 Å². The number of esters is 6. The van der Waals surface area contributed by atoms with Gasteiger partial charge in [-0.05, 0) is 29.5 Å². The lowest BCUT2D eigenvalue weighted by molar-refractivity contribution is -0.221. The minimum Gasteiger partial charge on any atom is -0.466 e. The van der Waals surface area contributed by atoms with Crippen molar-refractivity contribution in [2.45, 2.75) is 89.8 Å². The van der Waals surface area contributed by atoms with Gasteiger partial charge in [-0.2, -0.15) is 0 Å². The molecule has 0 aliphatic carbocycles. The second kappa shape index (κ2) is 19.4. The standard InChI is InChI=1S/C32H40N2O16S/c1-16(35)45-15-27(42)34-28-24(47-18(3)37)13-32(31(43)44-7,51-21(6)40)50-30(28)29(49-20(5)39)25(48-19(4)38)14-33-26(41)12-22-9-8-10-23(11-22)46-17(2)36/h8-11,24-25,28-30H,12-15H2,1-7H3,(H,33,41)(H,34,42)/t24-,25+,28+,29+,30+,32-/m0/s1. The third-order valence-electron chi connectivity index (χ3n) is 6.74. The molecule has 0 unspecified atom stereocenters. The molecule has 2 amide bonds. The Balaban J connectivity index is 2.64. The summed E-state index contributed by atoms with van der Waals surface area (Å²) in [4.78, 5) is 109. The molecular weight excluding hydrogens is 700 g/mol. The smallest absolute Gasteiger partial charge is 0.349 e. The monoisotopic (exact) mass is 740 g/mol.